The molecule has 2 aromatic carbocycles. The Morgan fingerprint density at radius 1 is 0.964 bits per heavy atom. The van der Waals surface area contributed by atoms with Gasteiger partial charge in [0.2, 0.25) is 0 Å². The molecule has 0 radical (unpaired) electrons. The van der Waals surface area contributed by atoms with Crippen LogP contribution >= 0.6 is 0 Å². The fourth-order valence-corrected chi connectivity index (χ4v) is 3.43. The van der Waals surface area contributed by atoms with Crippen molar-refractivity contribution in [2.24, 2.45) is 0 Å². The first kappa shape index (κ1) is 19.6. The van der Waals surface area contributed by atoms with E-state index in [0.29, 0.717) is 37.4 Å². The summed E-state index contributed by atoms with van der Waals surface area (Å²) in [6.45, 7) is 3.70. The van der Waals surface area contributed by atoms with Crippen LogP contribution in [0.25, 0.3) is 0 Å². The molecule has 10 heteroatoms. The third kappa shape index (κ3) is 3.91. The van der Waals surface area contributed by atoms with Gasteiger partial charge in [-0.1, -0.05) is 6.07 Å². The zero-order valence-corrected chi connectivity index (χ0v) is 15.0. The molecule has 0 spiro atoms. The molecule has 1 fully saturated rings. The Kier molecular flexibility index (Phi) is 5.50. The minimum Gasteiger partial charge on any atom is -0.363 e. The topological polar surface area (TPSA) is 92.8 Å². The number of hydrogen-bond donors (Lipinski definition) is 0. The number of anilines is 1. The van der Waals surface area contributed by atoms with Gasteiger partial charge in [0.05, 0.1) is 15.9 Å². The standard InChI is InChI=1S/C18H18F2N4O4/c1-12(15-4-2-13(19)10-16(15)20)21-6-8-22(9-7-21)17-5-3-14(23(25)26)11-18(17)24(27)28/h2-5,10-12H,6-9H2,1H3. The van der Waals surface area contributed by atoms with Gasteiger partial charge in [-0.3, -0.25) is 25.1 Å². The number of rotatable bonds is 5. The first-order valence-corrected chi connectivity index (χ1v) is 8.64. The Balaban J connectivity index is 1.75. The monoisotopic (exact) mass is 392 g/mol. The van der Waals surface area contributed by atoms with Crippen molar-refractivity contribution in [2.75, 3.05) is 31.1 Å². The van der Waals surface area contributed by atoms with Crippen LogP contribution in [0.1, 0.15) is 18.5 Å². The molecule has 0 aromatic heterocycles. The molecule has 148 valence electrons. The van der Waals surface area contributed by atoms with Crippen molar-refractivity contribution in [3.8, 4) is 0 Å². The van der Waals surface area contributed by atoms with Gasteiger partial charge in [-0.25, -0.2) is 8.78 Å². The van der Waals surface area contributed by atoms with Crippen LogP contribution in [0.5, 0.6) is 0 Å². The van der Waals surface area contributed by atoms with Crippen LogP contribution in [0.3, 0.4) is 0 Å². The molecule has 1 aliphatic heterocycles. The van der Waals surface area contributed by atoms with E-state index in [1.807, 2.05) is 11.8 Å². The summed E-state index contributed by atoms with van der Waals surface area (Å²) in [6.07, 6.45) is 0. The molecule has 3 rings (SSSR count). The first-order valence-electron chi connectivity index (χ1n) is 8.64. The molecule has 0 aliphatic carbocycles. The van der Waals surface area contributed by atoms with Crippen molar-refractivity contribution in [1.82, 2.24) is 4.90 Å². The van der Waals surface area contributed by atoms with Crippen LogP contribution in [0, 0.1) is 31.9 Å². The lowest BCUT2D eigenvalue weighted by molar-refractivity contribution is -0.393. The summed E-state index contributed by atoms with van der Waals surface area (Å²) in [5.74, 6) is -1.25. The van der Waals surface area contributed by atoms with Gasteiger partial charge in [-0.05, 0) is 19.1 Å². The predicted molar refractivity (Wildman–Crippen MR) is 98.3 cm³/mol. The predicted octanol–water partition coefficient (Wildman–Crippen LogP) is 3.66. The summed E-state index contributed by atoms with van der Waals surface area (Å²) in [5.41, 5.74) is 0.0433. The van der Waals surface area contributed by atoms with E-state index in [1.165, 1.54) is 24.3 Å². The SMILES string of the molecule is CC(c1ccc(F)cc1F)N1CCN(c2ccc([N+](=O)[O-])cc2[N+](=O)[O-])CC1. The average molecular weight is 392 g/mol. The van der Waals surface area contributed by atoms with Gasteiger partial charge < -0.3 is 4.90 Å². The summed E-state index contributed by atoms with van der Waals surface area (Å²) in [4.78, 5) is 24.7. The lowest BCUT2D eigenvalue weighted by Crippen LogP contribution is -2.47. The van der Waals surface area contributed by atoms with Crippen molar-refractivity contribution in [3.05, 3.63) is 73.8 Å². The van der Waals surface area contributed by atoms with Crippen molar-refractivity contribution in [3.63, 3.8) is 0 Å². The highest BCUT2D eigenvalue weighted by Gasteiger charge is 2.28. The Labute approximate surface area is 159 Å². The third-order valence-corrected chi connectivity index (χ3v) is 4.98. The largest absolute Gasteiger partial charge is 0.363 e. The second-order valence-corrected chi connectivity index (χ2v) is 6.55. The number of halogens is 2. The summed E-state index contributed by atoms with van der Waals surface area (Å²) in [7, 11) is 0. The van der Waals surface area contributed by atoms with E-state index in [4.69, 9.17) is 0 Å². The zero-order chi connectivity index (χ0) is 20.4. The maximum absolute atomic E-state index is 14.0. The molecule has 0 saturated carbocycles. The number of nitro groups is 2. The van der Waals surface area contributed by atoms with Gasteiger partial charge in [0.15, 0.2) is 0 Å². The van der Waals surface area contributed by atoms with E-state index < -0.39 is 21.5 Å². The van der Waals surface area contributed by atoms with E-state index in [2.05, 4.69) is 0 Å². The fourth-order valence-electron chi connectivity index (χ4n) is 3.43. The molecule has 1 atom stereocenters. The molecule has 0 N–H and O–H groups in total. The van der Waals surface area contributed by atoms with Crippen molar-refractivity contribution in [2.45, 2.75) is 13.0 Å². The Bertz CT molecular complexity index is 916. The average Bonchev–Trinajstić information content (AvgIpc) is 2.67. The molecule has 1 aliphatic rings. The van der Waals surface area contributed by atoms with Crippen molar-refractivity contribution >= 4 is 17.1 Å². The molecule has 2 aromatic rings. The van der Waals surface area contributed by atoms with Gasteiger partial charge in [0.1, 0.15) is 17.3 Å². The maximum Gasteiger partial charge on any atom is 0.299 e. The second kappa shape index (κ2) is 7.85. The van der Waals surface area contributed by atoms with Crippen molar-refractivity contribution in [1.29, 1.82) is 0 Å². The fraction of sp³-hybridized carbons (Fsp3) is 0.333. The molecule has 0 amide bonds. The van der Waals surface area contributed by atoms with Crippen LogP contribution < -0.4 is 4.90 Å². The van der Waals surface area contributed by atoms with Crippen LogP contribution in [0.2, 0.25) is 0 Å². The third-order valence-electron chi connectivity index (χ3n) is 4.98. The van der Waals surface area contributed by atoms with Gasteiger partial charge >= 0.3 is 0 Å². The lowest BCUT2D eigenvalue weighted by atomic mass is 10.0. The number of benzene rings is 2. The number of nitro benzene ring substituents is 2. The minimum absolute atomic E-state index is 0.283. The van der Waals surface area contributed by atoms with Gasteiger partial charge in [0.25, 0.3) is 11.4 Å². The van der Waals surface area contributed by atoms with E-state index in [0.717, 1.165) is 12.1 Å². The molecule has 0 bridgehead atoms. The zero-order valence-electron chi connectivity index (χ0n) is 15.0. The Morgan fingerprint density at radius 3 is 2.21 bits per heavy atom. The van der Waals surface area contributed by atoms with Crippen molar-refractivity contribution < 1.29 is 18.6 Å². The summed E-state index contributed by atoms with van der Waals surface area (Å²) in [6, 6.07) is 6.78. The quantitative estimate of drug-likeness (QED) is 0.569. The highest BCUT2D eigenvalue weighted by atomic mass is 19.1. The highest BCUT2D eigenvalue weighted by molar-refractivity contribution is 5.67. The van der Waals surface area contributed by atoms with Crippen LogP contribution in [0.4, 0.5) is 25.8 Å². The number of nitrogens with zero attached hydrogens (tertiary/aromatic N) is 4. The molecule has 1 saturated heterocycles. The van der Waals surface area contributed by atoms with E-state index in [-0.39, 0.29) is 17.4 Å². The molecule has 8 nitrogen and oxygen atoms in total. The Morgan fingerprint density at radius 2 is 1.64 bits per heavy atom. The van der Waals surface area contributed by atoms with E-state index in [1.54, 1.807) is 4.90 Å². The van der Waals surface area contributed by atoms with Gasteiger partial charge in [-0.2, -0.15) is 0 Å². The van der Waals surface area contributed by atoms with E-state index >= 15 is 0 Å². The number of non-ortho nitro benzene ring substituents is 1. The summed E-state index contributed by atoms with van der Waals surface area (Å²) >= 11 is 0. The molecular formula is C18H18F2N4O4. The smallest absolute Gasteiger partial charge is 0.299 e. The first-order chi connectivity index (χ1) is 13.3. The van der Waals surface area contributed by atoms with E-state index in [9.17, 15) is 29.0 Å². The Hall–Kier alpha value is -3.14. The lowest BCUT2D eigenvalue weighted by Gasteiger charge is -2.39. The molecule has 28 heavy (non-hydrogen) atoms. The molecular weight excluding hydrogens is 374 g/mol. The number of piperazine rings is 1. The van der Waals surface area contributed by atoms with Crippen LogP contribution in [-0.2, 0) is 0 Å². The minimum atomic E-state index is -0.673. The van der Waals surface area contributed by atoms with Gasteiger partial charge in [-0.15, -0.1) is 0 Å². The maximum atomic E-state index is 14.0. The normalized spacial score (nSPS) is 16.0. The molecule has 1 heterocycles. The van der Waals surface area contributed by atoms with Crippen LogP contribution in [-0.4, -0.2) is 40.9 Å². The summed E-state index contributed by atoms with van der Waals surface area (Å²) < 4.78 is 27.2. The van der Waals surface area contributed by atoms with Crippen LogP contribution in [0.15, 0.2) is 36.4 Å². The molecule has 1 unspecified atom stereocenters. The van der Waals surface area contributed by atoms with Gasteiger partial charge in [0, 0.05) is 49.9 Å². The second-order valence-electron chi connectivity index (χ2n) is 6.55. The summed E-state index contributed by atoms with van der Waals surface area (Å²) in [5, 5.41) is 22.2. The number of hydrogen-bond acceptors (Lipinski definition) is 6. The highest BCUT2D eigenvalue weighted by Crippen LogP contribution is 2.33.